The highest BCUT2D eigenvalue weighted by Crippen LogP contribution is 2.33. The van der Waals surface area contributed by atoms with Gasteiger partial charge in [-0.15, -0.1) is 0 Å². The molecule has 0 aliphatic rings. The summed E-state index contributed by atoms with van der Waals surface area (Å²) in [6.45, 7) is 8.17. The first-order valence-electron chi connectivity index (χ1n) is 6.98. The van der Waals surface area contributed by atoms with Crippen LogP contribution in [0.4, 0.5) is 10.3 Å². The molecular formula is C17H21BrFN3O2. The first kappa shape index (κ1) is 21.9. The highest BCUT2D eigenvalue weighted by atomic mass is 79.9. The lowest BCUT2D eigenvalue weighted by molar-refractivity contribution is -0.0987. The molecule has 0 fully saturated rings. The third kappa shape index (κ3) is 5.49. The Bertz CT molecular complexity index is 647. The van der Waals surface area contributed by atoms with Crippen LogP contribution in [0.15, 0.2) is 28.7 Å². The molecule has 0 saturated heterocycles. The zero-order valence-corrected chi connectivity index (χ0v) is 15.8. The predicted octanol–water partition coefficient (Wildman–Crippen LogP) is 3.86. The minimum absolute atomic E-state index is 0.254. The molecule has 0 atom stereocenters. The lowest BCUT2D eigenvalue weighted by Crippen LogP contribution is -2.15. The molecule has 0 spiro atoms. The summed E-state index contributed by atoms with van der Waals surface area (Å²) in [6.07, 6.45) is 0. The number of hydrogen-bond acceptors (Lipinski definition) is 5. The maximum Gasteiger partial charge on any atom is 0.225 e. The van der Waals surface area contributed by atoms with E-state index < -0.39 is 0 Å². The summed E-state index contributed by atoms with van der Waals surface area (Å²) in [5, 5.41) is 0. The lowest BCUT2D eigenvalue weighted by atomic mass is 10.1. The van der Waals surface area contributed by atoms with Crippen LogP contribution in [-0.4, -0.2) is 37.6 Å². The minimum atomic E-state index is -0.254. The van der Waals surface area contributed by atoms with E-state index in [4.69, 9.17) is 9.59 Å². The van der Waals surface area contributed by atoms with Crippen LogP contribution in [-0.2, 0) is 9.59 Å². The molecular weight excluding hydrogens is 377 g/mol. The van der Waals surface area contributed by atoms with Gasteiger partial charge in [-0.05, 0) is 46.1 Å². The van der Waals surface area contributed by atoms with Gasteiger partial charge in [0.2, 0.25) is 5.95 Å². The predicted molar refractivity (Wildman–Crippen MR) is 97.8 cm³/mol. The Hall–Kier alpha value is -2.15. The molecule has 1 aromatic heterocycles. The summed E-state index contributed by atoms with van der Waals surface area (Å²) in [4.78, 5) is 27.0. The molecule has 0 N–H and O–H groups in total. The van der Waals surface area contributed by atoms with Crippen molar-refractivity contribution >= 4 is 35.5 Å². The van der Waals surface area contributed by atoms with Crippen molar-refractivity contribution in [3.8, 4) is 11.3 Å². The molecule has 1 aromatic carbocycles. The summed E-state index contributed by atoms with van der Waals surface area (Å²) in [7, 11) is 3.81. The fourth-order valence-electron chi connectivity index (χ4n) is 1.83. The Morgan fingerprint density at radius 1 is 1.04 bits per heavy atom. The highest BCUT2D eigenvalue weighted by Gasteiger charge is 2.17. The third-order valence-electron chi connectivity index (χ3n) is 2.93. The van der Waals surface area contributed by atoms with Crippen LogP contribution in [0.3, 0.4) is 0 Å². The smallest absolute Gasteiger partial charge is 0.225 e. The van der Waals surface area contributed by atoms with Crippen molar-refractivity contribution < 1.29 is 14.0 Å². The van der Waals surface area contributed by atoms with Crippen molar-refractivity contribution in [2.45, 2.75) is 19.8 Å². The normalized spacial score (nSPS) is 9.46. The number of anilines is 1. The quantitative estimate of drug-likeness (QED) is 0.786. The van der Waals surface area contributed by atoms with Crippen molar-refractivity contribution in [2.24, 2.45) is 0 Å². The van der Waals surface area contributed by atoms with Crippen molar-refractivity contribution in [2.75, 3.05) is 19.0 Å². The molecule has 5 nitrogen and oxygen atoms in total. The number of aromatic nitrogens is 2. The molecule has 2 aromatic rings. The van der Waals surface area contributed by atoms with Gasteiger partial charge in [0.15, 0.2) is 0 Å². The second-order valence-electron chi connectivity index (χ2n) is 5.13. The van der Waals surface area contributed by atoms with Gasteiger partial charge in [-0.3, -0.25) is 0 Å². The maximum atomic E-state index is 13.1. The molecule has 7 heteroatoms. The van der Waals surface area contributed by atoms with Crippen molar-refractivity contribution in [3.63, 3.8) is 0 Å². The molecule has 0 amide bonds. The Morgan fingerprint density at radius 3 is 1.96 bits per heavy atom. The highest BCUT2D eigenvalue weighted by molar-refractivity contribution is 9.10. The van der Waals surface area contributed by atoms with E-state index >= 15 is 0 Å². The van der Waals surface area contributed by atoms with Crippen LogP contribution < -0.4 is 4.90 Å². The largest absolute Gasteiger partial charge is 0.347 e. The molecule has 24 heavy (non-hydrogen) atoms. The van der Waals surface area contributed by atoms with E-state index in [9.17, 15) is 4.39 Å². The van der Waals surface area contributed by atoms with E-state index in [0.717, 1.165) is 21.4 Å². The second-order valence-corrected chi connectivity index (χ2v) is 5.92. The van der Waals surface area contributed by atoms with Gasteiger partial charge < -0.3 is 14.5 Å². The van der Waals surface area contributed by atoms with E-state index in [1.165, 1.54) is 12.1 Å². The molecule has 0 unspecified atom stereocenters. The maximum absolute atomic E-state index is 13.1. The van der Waals surface area contributed by atoms with E-state index in [1.54, 1.807) is 12.1 Å². The average molecular weight is 398 g/mol. The molecule has 0 aliphatic carbocycles. The van der Waals surface area contributed by atoms with Gasteiger partial charge in [0.1, 0.15) is 19.4 Å². The second kappa shape index (κ2) is 10.6. The summed E-state index contributed by atoms with van der Waals surface area (Å²) in [5.41, 5.74) is 2.60. The van der Waals surface area contributed by atoms with Gasteiger partial charge in [0, 0.05) is 19.7 Å². The molecule has 130 valence electrons. The van der Waals surface area contributed by atoms with Crippen LogP contribution in [0.2, 0.25) is 0 Å². The lowest BCUT2D eigenvalue weighted by Gasteiger charge is -2.17. The number of hydrogen-bond donors (Lipinski definition) is 0. The van der Waals surface area contributed by atoms with Crippen LogP contribution in [0.1, 0.15) is 25.5 Å². The van der Waals surface area contributed by atoms with Gasteiger partial charge in [-0.2, -0.15) is 0 Å². The van der Waals surface area contributed by atoms with Crippen LogP contribution >= 0.6 is 15.9 Å². The average Bonchev–Trinajstić information content (AvgIpc) is 2.59. The SMILES string of the molecule is C=O.C=O.CC(C)c1nc(N(C)C)nc(-c2ccc(F)cc2)c1Br. The van der Waals surface area contributed by atoms with Crippen molar-refractivity contribution in [3.05, 3.63) is 40.2 Å². The number of halogens is 2. The molecule has 0 bridgehead atoms. The van der Waals surface area contributed by atoms with E-state index in [1.807, 2.05) is 32.6 Å². The van der Waals surface area contributed by atoms with E-state index in [-0.39, 0.29) is 11.7 Å². The van der Waals surface area contributed by atoms with E-state index in [2.05, 4.69) is 39.7 Å². The summed E-state index contributed by atoms with van der Waals surface area (Å²) < 4.78 is 13.9. The zero-order chi connectivity index (χ0) is 18.9. The van der Waals surface area contributed by atoms with E-state index in [0.29, 0.717) is 5.95 Å². The Morgan fingerprint density at radius 2 is 1.54 bits per heavy atom. The summed E-state index contributed by atoms with van der Waals surface area (Å²) >= 11 is 3.58. The Balaban J connectivity index is 0.00000123. The topological polar surface area (TPSA) is 63.2 Å². The molecule has 1 heterocycles. The van der Waals surface area contributed by atoms with Crippen LogP contribution in [0, 0.1) is 5.82 Å². The number of rotatable bonds is 3. The van der Waals surface area contributed by atoms with Crippen molar-refractivity contribution in [1.29, 1.82) is 0 Å². The molecule has 0 radical (unpaired) electrons. The monoisotopic (exact) mass is 397 g/mol. The Kier molecular flexibility index (Phi) is 9.64. The zero-order valence-electron chi connectivity index (χ0n) is 14.2. The van der Waals surface area contributed by atoms with Gasteiger partial charge in [-0.25, -0.2) is 14.4 Å². The molecule has 2 rings (SSSR count). The van der Waals surface area contributed by atoms with Gasteiger partial charge in [0.05, 0.1) is 15.9 Å². The van der Waals surface area contributed by atoms with Crippen LogP contribution in [0.5, 0.6) is 0 Å². The third-order valence-corrected chi connectivity index (χ3v) is 3.71. The van der Waals surface area contributed by atoms with Gasteiger partial charge in [0.25, 0.3) is 0 Å². The summed E-state index contributed by atoms with van der Waals surface area (Å²) in [6, 6.07) is 6.33. The fraction of sp³-hybridized carbons (Fsp3) is 0.294. The first-order valence-corrected chi connectivity index (χ1v) is 7.78. The van der Waals surface area contributed by atoms with Gasteiger partial charge in [-0.1, -0.05) is 13.8 Å². The summed E-state index contributed by atoms with van der Waals surface area (Å²) in [5.74, 6) is 0.664. The minimum Gasteiger partial charge on any atom is -0.347 e. The number of nitrogens with zero attached hydrogens (tertiary/aromatic N) is 3. The number of carbonyl (C=O) groups excluding carboxylic acids is 2. The van der Waals surface area contributed by atoms with Gasteiger partial charge >= 0.3 is 0 Å². The standard InChI is InChI=1S/C15H17BrFN3.2CH2O/c1-9(2)13-12(16)14(19-15(18-13)20(3)4)10-5-7-11(17)8-6-10;2*1-2/h5-9H,1-4H3;2*1H2. The molecule has 0 saturated carbocycles. The number of benzene rings is 1. The Labute approximate surface area is 150 Å². The fourth-order valence-corrected chi connectivity index (χ4v) is 2.70. The number of carbonyl (C=O) groups is 2. The first-order chi connectivity index (χ1) is 11.4. The molecule has 0 aliphatic heterocycles. The van der Waals surface area contributed by atoms with Crippen LogP contribution in [0.25, 0.3) is 11.3 Å². The van der Waals surface area contributed by atoms with Crippen molar-refractivity contribution in [1.82, 2.24) is 9.97 Å².